The maximum Gasteiger partial charge on any atom is 0.0614 e. The van der Waals surface area contributed by atoms with E-state index >= 15 is 0 Å². The van der Waals surface area contributed by atoms with Crippen LogP contribution in [0, 0.1) is 0 Å². The second-order valence-electron chi connectivity index (χ2n) is 5.82. The Kier molecular flexibility index (Phi) is 2.31. The summed E-state index contributed by atoms with van der Waals surface area (Å²) in [6, 6.07) is 2.13. The number of hydrogen-bond donors (Lipinski definition) is 2. The van der Waals surface area contributed by atoms with E-state index in [9.17, 15) is 5.11 Å². The van der Waals surface area contributed by atoms with Gasteiger partial charge in [-0.05, 0) is 45.6 Å². The highest BCUT2D eigenvalue weighted by atomic mass is 16.3. The molecular formula is C12H22N2O. The second-order valence-corrected chi connectivity index (χ2v) is 5.82. The molecule has 3 nitrogen and oxygen atoms in total. The number of hydrogen-bond acceptors (Lipinski definition) is 3. The normalized spacial score (nSPS) is 46.0. The summed E-state index contributed by atoms with van der Waals surface area (Å²) < 4.78 is 0. The van der Waals surface area contributed by atoms with Crippen LogP contribution < -0.4 is 5.32 Å². The minimum atomic E-state index is 0.0551. The first-order valence-corrected chi connectivity index (χ1v) is 6.33. The smallest absolute Gasteiger partial charge is 0.0614 e. The molecule has 2 N–H and O–H groups in total. The fourth-order valence-corrected chi connectivity index (χ4v) is 3.52. The number of nitrogens with one attached hydrogen (secondary N) is 1. The lowest BCUT2D eigenvalue weighted by molar-refractivity contribution is 0.0463. The van der Waals surface area contributed by atoms with Crippen molar-refractivity contribution < 1.29 is 5.11 Å². The zero-order chi connectivity index (χ0) is 10.5. The third-order valence-electron chi connectivity index (χ3n) is 4.63. The van der Waals surface area contributed by atoms with Crippen LogP contribution in [-0.4, -0.2) is 47.3 Å². The molecule has 15 heavy (non-hydrogen) atoms. The van der Waals surface area contributed by atoms with Crippen LogP contribution in [0.1, 0.15) is 38.5 Å². The molecule has 2 saturated heterocycles. The van der Waals surface area contributed by atoms with Gasteiger partial charge in [-0.25, -0.2) is 0 Å². The molecule has 0 aromatic heterocycles. The minimum Gasteiger partial charge on any atom is -0.394 e. The maximum atomic E-state index is 9.69. The van der Waals surface area contributed by atoms with E-state index in [1.54, 1.807) is 0 Å². The number of fused-ring (bicyclic) bond motifs is 2. The van der Waals surface area contributed by atoms with E-state index in [1.807, 2.05) is 0 Å². The van der Waals surface area contributed by atoms with Crippen LogP contribution in [0.5, 0.6) is 0 Å². The lowest BCUT2D eigenvalue weighted by Gasteiger charge is -2.45. The summed E-state index contributed by atoms with van der Waals surface area (Å²) in [7, 11) is 2.25. The topological polar surface area (TPSA) is 35.5 Å². The average Bonchev–Trinajstić information content (AvgIpc) is 3.00. The summed E-state index contributed by atoms with van der Waals surface area (Å²) in [5, 5.41) is 13.4. The highest BCUT2D eigenvalue weighted by Crippen LogP contribution is 2.41. The molecule has 3 aliphatic rings. The summed E-state index contributed by atoms with van der Waals surface area (Å²) in [5.74, 6) is 0. The molecule has 2 bridgehead atoms. The van der Waals surface area contributed by atoms with Crippen LogP contribution >= 0.6 is 0 Å². The monoisotopic (exact) mass is 210 g/mol. The van der Waals surface area contributed by atoms with Crippen molar-refractivity contribution in [2.24, 2.45) is 0 Å². The van der Waals surface area contributed by atoms with Crippen molar-refractivity contribution in [2.45, 2.75) is 62.2 Å². The summed E-state index contributed by atoms with van der Waals surface area (Å²) >= 11 is 0. The molecule has 2 unspecified atom stereocenters. The van der Waals surface area contributed by atoms with Gasteiger partial charge < -0.3 is 15.3 Å². The molecule has 0 aromatic carbocycles. The predicted octanol–water partition coefficient (Wildman–Crippen LogP) is 0.726. The Hall–Kier alpha value is -0.120. The number of aliphatic hydroxyl groups is 1. The summed E-state index contributed by atoms with van der Waals surface area (Å²) in [5.41, 5.74) is 0.0551. The number of nitrogens with zero attached hydrogens (tertiary/aromatic N) is 1. The number of piperidine rings is 1. The highest BCUT2D eigenvalue weighted by Gasteiger charge is 2.48. The molecule has 2 aliphatic heterocycles. The molecule has 0 aromatic rings. The van der Waals surface area contributed by atoms with Crippen molar-refractivity contribution in [3.05, 3.63) is 0 Å². The van der Waals surface area contributed by atoms with E-state index in [-0.39, 0.29) is 5.54 Å². The Morgan fingerprint density at radius 2 is 1.80 bits per heavy atom. The Bertz CT molecular complexity index is 238. The van der Waals surface area contributed by atoms with E-state index in [0.29, 0.717) is 24.7 Å². The lowest BCUT2D eigenvalue weighted by Crippen LogP contribution is -2.59. The van der Waals surface area contributed by atoms with Gasteiger partial charge in [0.25, 0.3) is 0 Å². The van der Waals surface area contributed by atoms with Gasteiger partial charge >= 0.3 is 0 Å². The minimum absolute atomic E-state index is 0.0551. The third-order valence-corrected chi connectivity index (χ3v) is 4.63. The van der Waals surface area contributed by atoms with E-state index < -0.39 is 0 Å². The van der Waals surface area contributed by atoms with Crippen molar-refractivity contribution in [3.63, 3.8) is 0 Å². The van der Waals surface area contributed by atoms with Crippen molar-refractivity contribution in [1.29, 1.82) is 0 Å². The molecule has 1 aliphatic carbocycles. The molecule has 2 atom stereocenters. The predicted molar refractivity (Wildman–Crippen MR) is 59.8 cm³/mol. The van der Waals surface area contributed by atoms with E-state index in [2.05, 4.69) is 17.3 Å². The van der Waals surface area contributed by atoms with Gasteiger partial charge in [-0.15, -0.1) is 0 Å². The van der Waals surface area contributed by atoms with Gasteiger partial charge in [-0.3, -0.25) is 0 Å². The fourth-order valence-electron chi connectivity index (χ4n) is 3.52. The van der Waals surface area contributed by atoms with Gasteiger partial charge in [-0.1, -0.05) is 0 Å². The van der Waals surface area contributed by atoms with Gasteiger partial charge in [0.05, 0.1) is 6.61 Å². The lowest BCUT2D eigenvalue weighted by atomic mass is 9.83. The molecular weight excluding hydrogens is 188 g/mol. The first-order valence-electron chi connectivity index (χ1n) is 6.33. The van der Waals surface area contributed by atoms with Crippen molar-refractivity contribution in [3.8, 4) is 0 Å². The highest BCUT2D eigenvalue weighted by molar-refractivity contribution is 5.07. The zero-order valence-electron chi connectivity index (χ0n) is 9.58. The Morgan fingerprint density at radius 1 is 1.20 bits per heavy atom. The van der Waals surface area contributed by atoms with E-state index in [0.717, 1.165) is 12.8 Å². The summed E-state index contributed by atoms with van der Waals surface area (Å²) in [4.78, 5) is 2.53. The molecule has 0 radical (unpaired) electrons. The second kappa shape index (κ2) is 3.44. The van der Waals surface area contributed by atoms with Crippen LogP contribution in [0.15, 0.2) is 0 Å². The molecule has 3 heteroatoms. The van der Waals surface area contributed by atoms with Crippen LogP contribution in [0.3, 0.4) is 0 Å². The quantitative estimate of drug-likeness (QED) is 0.721. The molecule has 1 saturated carbocycles. The Balaban J connectivity index is 1.74. The Morgan fingerprint density at radius 3 is 2.27 bits per heavy atom. The molecule has 2 heterocycles. The van der Waals surface area contributed by atoms with Gasteiger partial charge in [0.2, 0.25) is 0 Å². The Labute approximate surface area is 91.8 Å². The van der Waals surface area contributed by atoms with Gasteiger partial charge in [-0.2, -0.15) is 0 Å². The first-order chi connectivity index (χ1) is 7.22. The summed E-state index contributed by atoms with van der Waals surface area (Å²) in [6.45, 7) is 0.324. The van der Waals surface area contributed by atoms with Crippen molar-refractivity contribution in [1.82, 2.24) is 10.2 Å². The van der Waals surface area contributed by atoms with Crippen LogP contribution in [-0.2, 0) is 0 Å². The molecule has 3 rings (SSSR count). The van der Waals surface area contributed by atoms with Crippen LogP contribution in [0.25, 0.3) is 0 Å². The van der Waals surface area contributed by atoms with Gasteiger partial charge in [0.1, 0.15) is 0 Å². The SMILES string of the molecule is CN1C2CCC1CC(CO)(NC1CC1)C2. The standard InChI is InChI=1S/C12H22N2O/c1-14-10-4-5-11(14)7-12(6-10,8-15)13-9-2-3-9/h9-11,13,15H,2-8H2,1H3. The average molecular weight is 210 g/mol. The zero-order valence-corrected chi connectivity index (χ0v) is 9.58. The van der Waals surface area contributed by atoms with E-state index in [1.165, 1.54) is 25.7 Å². The number of rotatable bonds is 3. The fraction of sp³-hybridized carbons (Fsp3) is 1.00. The number of aliphatic hydroxyl groups excluding tert-OH is 1. The summed E-state index contributed by atoms with van der Waals surface area (Å²) in [6.07, 6.45) is 7.57. The molecule has 3 fully saturated rings. The van der Waals surface area contributed by atoms with Crippen LogP contribution in [0.2, 0.25) is 0 Å². The third kappa shape index (κ3) is 1.71. The van der Waals surface area contributed by atoms with Crippen LogP contribution in [0.4, 0.5) is 0 Å². The van der Waals surface area contributed by atoms with Crippen molar-refractivity contribution >= 4 is 0 Å². The largest absolute Gasteiger partial charge is 0.394 e. The van der Waals surface area contributed by atoms with Gasteiger partial charge in [0.15, 0.2) is 0 Å². The maximum absolute atomic E-state index is 9.69. The molecule has 86 valence electrons. The van der Waals surface area contributed by atoms with E-state index in [4.69, 9.17) is 0 Å². The van der Waals surface area contributed by atoms with Gasteiger partial charge in [0, 0.05) is 23.7 Å². The molecule has 0 spiro atoms. The van der Waals surface area contributed by atoms with Crippen molar-refractivity contribution in [2.75, 3.05) is 13.7 Å². The first kappa shape index (κ1) is 10.1. The molecule has 0 amide bonds.